The lowest BCUT2D eigenvalue weighted by Crippen LogP contribution is -2.00. The maximum Gasteiger partial charge on any atom is 0.121 e. The fourth-order valence-electron chi connectivity index (χ4n) is 1.63. The van der Waals surface area contributed by atoms with Crippen molar-refractivity contribution in [1.29, 1.82) is 5.26 Å². The summed E-state index contributed by atoms with van der Waals surface area (Å²) in [6.45, 7) is 1.41. The molecule has 2 rings (SSSR count). The zero-order valence-corrected chi connectivity index (χ0v) is 11.5. The normalized spacial score (nSPS) is 9.84. The van der Waals surface area contributed by atoms with Crippen molar-refractivity contribution in [3.05, 3.63) is 46.7 Å². The zero-order valence-electron chi connectivity index (χ0n) is 10.6. The second-order valence-corrected chi connectivity index (χ2v) is 4.90. The van der Waals surface area contributed by atoms with Crippen molar-refractivity contribution in [1.82, 2.24) is 0 Å². The van der Waals surface area contributed by atoms with E-state index in [2.05, 4.69) is 28.2 Å². The minimum atomic E-state index is 0.538. The number of benzene rings is 1. The van der Waals surface area contributed by atoms with Crippen LogP contribution in [0.1, 0.15) is 18.4 Å². The maximum atomic E-state index is 8.45. The van der Waals surface area contributed by atoms with E-state index in [1.165, 1.54) is 5.56 Å². The number of thiophene rings is 1. The molecule has 1 aromatic carbocycles. The Morgan fingerprint density at radius 1 is 1.32 bits per heavy atom. The van der Waals surface area contributed by atoms with Crippen molar-refractivity contribution >= 4 is 17.0 Å². The summed E-state index contributed by atoms with van der Waals surface area (Å²) in [4.78, 5) is 0. The van der Waals surface area contributed by atoms with Gasteiger partial charge in [-0.25, -0.2) is 0 Å². The van der Waals surface area contributed by atoms with Crippen LogP contribution in [0.3, 0.4) is 0 Å². The molecule has 0 saturated heterocycles. The van der Waals surface area contributed by atoms with Gasteiger partial charge >= 0.3 is 0 Å². The third kappa shape index (κ3) is 4.65. The van der Waals surface area contributed by atoms with Crippen LogP contribution in [0.15, 0.2) is 41.1 Å². The van der Waals surface area contributed by atoms with Gasteiger partial charge in [0.05, 0.1) is 12.7 Å². The van der Waals surface area contributed by atoms with Crippen molar-refractivity contribution in [2.45, 2.75) is 19.4 Å². The first kappa shape index (κ1) is 13.4. The van der Waals surface area contributed by atoms with Crippen LogP contribution in [0.25, 0.3) is 0 Å². The highest BCUT2D eigenvalue weighted by atomic mass is 32.1. The van der Waals surface area contributed by atoms with E-state index in [0.29, 0.717) is 13.0 Å². The van der Waals surface area contributed by atoms with Gasteiger partial charge in [0.25, 0.3) is 0 Å². The Bertz CT molecular complexity index is 531. The van der Waals surface area contributed by atoms with Crippen LogP contribution in [-0.4, -0.2) is 6.61 Å². The number of nitrogens with zero attached hydrogens (tertiary/aromatic N) is 1. The van der Waals surface area contributed by atoms with E-state index >= 15 is 0 Å². The van der Waals surface area contributed by atoms with E-state index in [4.69, 9.17) is 10.00 Å². The molecule has 2 aromatic rings. The van der Waals surface area contributed by atoms with E-state index < -0.39 is 0 Å². The molecule has 0 saturated carbocycles. The molecule has 4 heteroatoms. The molecule has 1 aromatic heterocycles. The summed E-state index contributed by atoms with van der Waals surface area (Å²) in [5.74, 6) is 0.841. The predicted molar refractivity (Wildman–Crippen MR) is 78.4 cm³/mol. The molecule has 1 N–H and O–H groups in total. The summed E-state index contributed by atoms with van der Waals surface area (Å²) in [6.07, 6.45) is 1.30. The molecule has 0 bridgehead atoms. The number of hydrogen-bond donors (Lipinski definition) is 1. The van der Waals surface area contributed by atoms with Crippen LogP contribution in [0.2, 0.25) is 0 Å². The van der Waals surface area contributed by atoms with Gasteiger partial charge in [0, 0.05) is 24.7 Å². The van der Waals surface area contributed by atoms with Gasteiger partial charge in [-0.1, -0.05) is 6.07 Å². The SMILES string of the molecule is N#CCCCOc1cccc(NCc2ccsc2)c1. The fourth-order valence-corrected chi connectivity index (χ4v) is 2.30. The van der Waals surface area contributed by atoms with Crippen molar-refractivity contribution in [3.8, 4) is 11.8 Å². The van der Waals surface area contributed by atoms with Gasteiger partial charge in [-0.15, -0.1) is 0 Å². The van der Waals surface area contributed by atoms with E-state index in [-0.39, 0.29) is 0 Å². The molecule has 0 aliphatic carbocycles. The van der Waals surface area contributed by atoms with Crippen molar-refractivity contribution in [3.63, 3.8) is 0 Å². The minimum Gasteiger partial charge on any atom is -0.493 e. The van der Waals surface area contributed by atoms with Crippen molar-refractivity contribution in [2.24, 2.45) is 0 Å². The summed E-state index contributed by atoms with van der Waals surface area (Å²) >= 11 is 1.70. The Balaban J connectivity index is 1.83. The summed E-state index contributed by atoms with van der Waals surface area (Å²) in [6, 6.07) is 12.1. The van der Waals surface area contributed by atoms with Gasteiger partial charge in [0.15, 0.2) is 0 Å². The van der Waals surface area contributed by atoms with Gasteiger partial charge < -0.3 is 10.1 Å². The van der Waals surface area contributed by atoms with E-state index in [1.807, 2.05) is 24.3 Å². The largest absolute Gasteiger partial charge is 0.493 e. The van der Waals surface area contributed by atoms with Crippen molar-refractivity contribution < 1.29 is 4.74 Å². The second kappa shape index (κ2) is 7.45. The van der Waals surface area contributed by atoms with Gasteiger partial charge in [-0.3, -0.25) is 0 Å². The summed E-state index contributed by atoms with van der Waals surface area (Å²) in [7, 11) is 0. The van der Waals surface area contributed by atoms with Crippen LogP contribution in [0, 0.1) is 11.3 Å². The molecular formula is C15H16N2OS. The molecule has 3 nitrogen and oxygen atoms in total. The third-order valence-electron chi connectivity index (χ3n) is 2.61. The van der Waals surface area contributed by atoms with Crippen LogP contribution in [-0.2, 0) is 6.54 Å². The Morgan fingerprint density at radius 2 is 2.26 bits per heavy atom. The Hall–Kier alpha value is -1.99. The van der Waals surface area contributed by atoms with E-state index in [0.717, 1.165) is 24.4 Å². The maximum absolute atomic E-state index is 8.45. The van der Waals surface area contributed by atoms with Gasteiger partial charge in [0.1, 0.15) is 5.75 Å². The molecule has 0 aliphatic rings. The third-order valence-corrected chi connectivity index (χ3v) is 3.34. The number of nitriles is 1. The molecule has 0 unspecified atom stereocenters. The Morgan fingerprint density at radius 3 is 3.05 bits per heavy atom. The predicted octanol–water partition coefficient (Wildman–Crippen LogP) is 4.04. The monoisotopic (exact) mass is 272 g/mol. The lowest BCUT2D eigenvalue weighted by atomic mass is 10.2. The second-order valence-electron chi connectivity index (χ2n) is 4.12. The van der Waals surface area contributed by atoms with Gasteiger partial charge in [-0.2, -0.15) is 16.6 Å². The molecular weight excluding hydrogens is 256 g/mol. The Kier molecular flexibility index (Phi) is 5.27. The van der Waals surface area contributed by atoms with Crippen molar-refractivity contribution in [2.75, 3.05) is 11.9 Å². The topological polar surface area (TPSA) is 45.0 Å². The molecule has 0 radical (unpaired) electrons. The highest BCUT2D eigenvalue weighted by molar-refractivity contribution is 7.07. The number of unbranched alkanes of at least 4 members (excludes halogenated alkanes) is 1. The zero-order chi connectivity index (χ0) is 13.3. The quantitative estimate of drug-likeness (QED) is 0.774. The highest BCUT2D eigenvalue weighted by Gasteiger charge is 1.98. The molecule has 0 aliphatic heterocycles. The van der Waals surface area contributed by atoms with Crippen LogP contribution in [0.4, 0.5) is 5.69 Å². The first-order chi connectivity index (χ1) is 9.38. The van der Waals surface area contributed by atoms with Crippen LogP contribution < -0.4 is 10.1 Å². The first-order valence-electron chi connectivity index (χ1n) is 6.23. The molecule has 0 fully saturated rings. The minimum absolute atomic E-state index is 0.538. The molecule has 0 spiro atoms. The van der Waals surface area contributed by atoms with Gasteiger partial charge in [0.2, 0.25) is 0 Å². The molecule has 19 heavy (non-hydrogen) atoms. The highest BCUT2D eigenvalue weighted by Crippen LogP contribution is 2.18. The Labute approximate surface area is 117 Å². The summed E-state index contributed by atoms with van der Waals surface area (Å²) < 4.78 is 5.60. The average molecular weight is 272 g/mol. The lowest BCUT2D eigenvalue weighted by Gasteiger charge is -2.09. The molecule has 98 valence electrons. The lowest BCUT2D eigenvalue weighted by molar-refractivity contribution is 0.313. The summed E-state index contributed by atoms with van der Waals surface area (Å²) in [5.41, 5.74) is 2.33. The smallest absolute Gasteiger partial charge is 0.121 e. The average Bonchev–Trinajstić information content (AvgIpc) is 2.95. The number of ether oxygens (including phenoxy) is 1. The molecule has 0 amide bonds. The van der Waals surface area contributed by atoms with Crippen LogP contribution in [0.5, 0.6) is 5.75 Å². The van der Waals surface area contributed by atoms with E-state index in [1.54, 1.807) is 11.3 Å². The fraction of sp³-hybridized carbons (Fsp3) is 0.267. The number of anilines is 1. The number of nitrogens with one attached hydrogen (secondary N) is 1. The molecule has 1 heterocycles. The number of hydrogen-bond acceptors (Lipinski definition) is 4. The first-order valence-corrected chi connectivity index (χ1v) is 7.17. The summed E-state index contributed by atoms with van der Waals surface area (Å²) in [5, 5.41) is 16.0. The molecule has 0 atom stereocenters. The number of rotatable bonds is 7. The van der Waals surface area contributed by atoms with Crippen LogP contribution >= 0.6 is 11.3 Å². The standard InChI is InChI=1S/C15H16N2OS/c16-7-1-2-8-18-15-5-3-4-14(10-15)17-11-13-6-9-19-12-13/h3-6,9-10,12,17H,1-2,8,11H2. The van der Waals surface area contributed by atoms with E-state index in [9.17, 15) is 0 Å². The van der Waals surface area contributed by atoms with Gasteiger partial charge in [-0.05, 0) is 40.9 Å².